The first-order chi connectivity index (χ1) is 5.83. The summed E-state index contributed by atoms with van der Waals surface area (Å²) in [5.41, 5.74) is 2.03. The second kappa shape index (κ2) is 2.86. The highest BCUT2D eigenvalue weighted by atomic mass is 79.9. The maximum absolute atomic E-state index is 4.18. The average molecular weight is 226 g/mol. The summed E-state index contributed by atoms with van der Waals surface area (Å²) in [5.74, 6) is 0. The summed E-state index contributed by atoms with van der Waals surface area (Å²) in [6, 6.07) is 2.03. The van der Waals surface area contributed by atoms with Crippen LogP contribution in [0.2, 0.25) is 0 Å². The highest BCUT2D eigenvalue weighted by Gasteiger charge is 2.03. The van der Waals surface area contributed by atoms with Crippen molar-refractivity contribution in [3.63, 3.8) is 0 Å². The molecule has 12 heavy (non-hydrogen) atoms. The quantitative estimate of drug-likeness (QED) is 0.695. The molecule has 0 aromatic carbocycles. The molecule has 2 heterocycles. The third-order valence-corrected chi connectivity index (χ3v) is 2.40. The molecule has 0 fully saturated rings. The second-order valence-electron chi connectivity index (χ2n) is 2.62. The fourth-order valence-corrected chi connectivity index (χ4v) is 1.68. The number of hydrogen-bond acceptors (Lipinski definition) is 2. The zero-order valence-electron chi connectivity index (χ0n) is 6.66. The van der Waals surface area contributed by atoms with Crippen molar-refractivity contribution >= 4 is 27.0 Å². The molecule has 0 saturated heterocycles. The van der Waals surface area contributed by atoms with Gasteiger partial charge in [0.25, 0.3) is 0 Å². The number of aromatic nitrogens is 3. The van der Waals surface area contributed by atoms with E-state index < -0.39 is 0 Å². The van der Waals surface area contributed by atoms with Crippen LogP contribution in [0.4, 0.5) is 0 Å². The van der Waals surface area contributed by atoms with Gasteiger partial charge < -0.3 is 4.57 Å². The molecule has 0 aliphatic heterocycles. The predicted octanol–water partition coefficient (Wildman–Crippen LogP) is 1.86. The van der Waals surface area contributed by atoms with Crippen molar-refractivity contribution in [2.45, 2.75) is 5.33 Å². The Bertz CT molecular complexity index is 408. The van der Waals surface area contributed by atoms with E-state index in [4.69, 9.17) is 0 Å². The molecule has 4 heteroatoms. The number of rotatable bonds is 1. The van der Waals surface area contributed by atoms with Gasteiger partial charge in [0, 0.05) is 24.0 Å². The molecule has 0 unspecified atom stereocenters. The highest BCUT2D eigenvalue weighted by Crippen LogP contribution is 2.16. The van der Waals surface area contributed by atoms with Crippen LogP contribution in [-0.4, -0.2) is 14.5 Å². The van der Waals surface area contributed by atoms with Crippen LogP contribution in [0, 0.1) is 0 Å². The Morgan fingerprint density at radius 1 is 1.50 bits per heavy atom. The smallest absolute Gasteiger partial charge is 0.143 e. The van der Waals surface area contributed by atoms with E-state index in [1.54, 1.807) is 6.33 Å². The Morgan fingerprint density at radius 3 is 3.08 bits per heavy atom. The molecule has 0 N–H and O–H groups in total. The number of hydrogen-bond donors (Lipinski definition) is 0. The van der Waals surface area contributed by atoms with Gasteiger partial charge in [-0.05, 0) is 6.07 Å². The summed E-state index contributed by atoms with van der Waals surface area (Å²) < 4.78 is 1.99. The van der Waals surface area contributed by atoms with Gasteiger partial charge in [-0.1, -0.05) is 15.9 Å². The van der Waals surface area contributed by atoms with Crippen LogP contribution in [0.3, 0.4) is 0 Å². The van der Waals surface area contributed by atoms with E-state index in [0.717, 1.165) is 22.1 Å². The summed E-state index contributed by atoms with van der Waals surface area (Å²) >= 11 is 3.39. The van der Waals surface area contributed by atoms with Crippen LogP contribution in [-0.2, 0) is 12.4 Å². The molecule has 2 aromatic heterocycles. The summed E-state index contributed by atoms with van der Waals surface area (Å²) in [5, 5.41) is 1.90. The van der Waals surface area contributed by atoms with E-state index in [9.17, 15) is 0 Å². The minimum atomic E-state index is 0.774. The topological polar surface area (TPSA) is 30.7 Å². The minimum Gasteiger partial charge on any atom is -0.335 e. The van der Waals surface area contributed by atoms with E-state index in [-0.39, 0.29) is 0 Å². The average Bonchev–Trinajstić information content (AvgIpc) is 2.48. The van der Waals surface area contributed by atoms with E-state index in [2.05, 4.69) is 25.9 Å². The molecule has 0 saturated carbocycles. The normalized spacial score (nSPS) is 10.8. The lowest BCUT2D eigenvalue weighted by molar-refractivity contribution is 0.941. The van der Waals surface area contributed by atoms with Gasteiger partial charge in [0.15, 0.2) is 0 Å². The van der Waals surface area contributed by atoms with E-state index >= 15 is 0 Å². The SMILES string of the molecule is Cn1ccc2c(CBr)ncnc21. The maximum Gasteiger partial charge on any atom is 0.143 e. The summed E-state index contributed by atoms with van der Waals surface area (Å²) in [4.78, 5) is 8.35. The molecule has 2 rings (SSSR count). The zero-order chi connectivity index (χ0) is 8.55. The first-order valence-corrected chi connectivity index (χ1v) is 4.76. The third kappa shape index (κ3) is 1.03. The number of halogens is 1. The minimum absolute atomic E-state index is 0.774. The van der Waals surface area contributed by atoms with Crippen LogP contribution < -0.4 is 0 Å². The first kappa shape index (κ1) is 7.73. The van der Waals surface area contributed by atoms with Crippen LogP contribution in [0.15, 0.2) is 18.6 Å². The first-order valence-electron chi connectivity index (χ1n) is 3.64. The van der Waals surface area contributed by atoms with Gasteiger partial charge >= 0.3 is 0 Å². The fourth-order valence-electron chi connectivity index (χ4n) is 1.24. The lowest BCUT2D eigenvalue weighted by atomic mass is 10.3. The summed E-state index contributed by atoms with van der Waals surface area (Å²) in [6.07, 6.45) is 3.59. The van der Waals surface area contributed by atoms with Gasteiger partial charge in [0.1, 0.15) is 12.0 Å². The molecule has 0 amide bonds. The predicted molar refractivity (Wildman–Crippen MR) is 51.1 cm³/mol. The molecular formula is C8H8BrN3. The van der Waals surface area contributed by atoms with Crippen molar-refractivity contribution < 1.29 is 0 Å². The Hall–Kier alpha value is -0.900. The van der Waals surface area contributed by atoms with Crippen molar-refractivity contribution in [1.82, 2.24) is 14.5 Å². The molecular weight excluding hydrogens is 218 g/mol. The molecule has 0 aliphatic rings. The van der Waals surface area contributed by atoms with Crippen molar-refractivity contribution in [3.05, 3.63) is 24.3 Å². The number of alkyl halides is 1. The Kier molecular flexibility index (Phi) is 1.84. The lowest BCUT2D eigenvalue weighted by Crippen LogP contribution is -1.91. The van der Waals surface area contributed by atoms with Gasteiger partial charge in [-0.2, -0.15) is 0 Å². The number of aryl methyl sites for hydroxylation is 1. The van der Waals surface area contributed by atoms with Crippen molar-refractivity contribution in [1.29, 1.82) is 0 Å². The molecule has 0 aliphatic carbocycles. The van der Waals surface area contributed by atoms with Crippen molar-refractivity contribution in [3.8, 4) is 0 Å². The fraction of sp³-hybridized carbons (Fsp3) is 0.250. The third-order valence-electron chi connectivity index (χ3n) is 1.87. The second-order valence-corrected chi connectivity index (χ2v) is 3.18. The Morgan fingerprint density at radius 2 is 2.33 bits per heavy atom. The molecule has 0 radical (unpaired) electrons. The maximum atomic E-state index is 4.18. The Balaban J connectivity index is 2.81. The molecule has 0 bridgehead atoms. The van der Waals surface area contributed by atoms with E-state index in [1.165, 1.54) is 0 Å². The van der Waals surface area contributed by atoms with Gasteiger partial charge in [-0.3, -0.25) is 0 Å². The number of fused-ring (bicyclic) bond motifs is 1. The molecule has 3 nitrogen and oxygen atoms in total. The molecule has 0 spiro atoms. The van der Waals surface area contributed by atoms with Crippen LogP contribution in [0.1, 0.15) is 5.69 Å². The Labute approximate surface area is 78.6 Å². The zero-order valence-corrected chi connectivity index (χ0v) is 8.24. The van der Waals surface area contributed by atoms with Gasteiger partial charge in [-0.15, -0.1) is 0 Å². The van der Waals surface area contributed by atoms with Gasteiger partial charge in [-0.25, -0.2) is 9.97 Å². The highest BCUT2D eigenvalue weighted by molar-refractivity contribution is 9.08. The van der Waals surface area contributed by atoms with Gasteiger partial charge in [0.05, 0.1) is 5.69 Å². The molecule has 2 aromatic rings. The number of nitrogens with zero attached hydrogens (tertiary/aromatic N) is 3. The molecule has 0 atom stereocenters. The van der Waals surface area contributed by atoms with E-state index in [0.29, 0.717) is 0 Å². The van der Waals surface area contributed by atoms with Crippen LogP contribution >= 0.6 is 15.9 Å². The summed E-state index contributed by atoms with van der Waals surface area (Å²) in [7, 11) is 1.98. The van der Waals surface area contributed by atoms with Crippen LogP contribution in [0.25, 0.3) is 11.0 Å². The monoisotopic (exact) mass is 225 g/mol. The van der Waals surface area contributed by atoms with Crippen LogP contribution in [0.5, 0.6) is 0 Å². The largest absolute Gasteiger partial charge is 0.335 e. The lowest BCUT2D eigenvalue weighted by Gasteiger charge is -1.97. The summed E-state index contributed by atoms with van der Waals surface area (Å²) in [6.45, 7) is 0. The van der Waals surface area contributed by atoms with E-state index in [1.807, 2.05) is 23.9 Å². The molecule has 62 valence electrons. The standard InChI is InChI=1S/C8H8BrN3/c1-12-3-2-6-7(4-9)10-5-11-8(6)12/h2-3,5H,4H2,1H3. The van der Waals surface area contributed by atoms with Crippen molar-refractivity contribution in [2.24, 2.45) is 7.05 Å². The van der Waals surface area contributed by atoms with Crippen molar-refractivity contribution in [2.75, 3.05) is 0 Å². The van der Waals surface area contributed by atoms with Gasteiger partial charge in [0.2, 0.25) is 0 Å².